The van der Waals surface area contributed by atoms with Gasteiger partial charge in [0, 0.05) is 13.1 Å². The number of carbonyl (C=O) groups is 2. The molecule has 0 radical (unpaired) electrons. The quantitative estimate of drug-likeness (QED) is 0.766. The molecule has 120 valence electrons. The highest BCUT2D eigenvalue weighted by Gasteiger charge is 2.30. The molecule has 0 aromatic heterocycles. The number of benzene rings is 1. The first-order valence-corrected chi connectivity index (χ1v) is 8.53. The van der Waals surface area contributed by atoms with E-state index in [1.807, 2.05) is 0 Å². The minimum absolute atomic E-state index is 0.0576. The van der Waals surface area contributed by atoms with Gasteiger partial charge in [0.05, 0.1) is 18.2 Å². The molecule has 1 fully saturated rings. The van der Waals surface area contributed by atoms with E-state index in [9.17, 15) is 23.1 Å². The van der Waals surface area contributed by atoms with Crippen molar-refractivity contribution in [2.75, 3.05) is 25.4 Å². The molecular weight excluding hydrogens is 308 g/mol. The zero-order valence-corrected chi connectivity index (χ0v) is 12.8. The molecule has 7 nitrogen and oxygen atoms in total. The van der Waals surface area contributed by atoms with Crippen molar-refractivity contribution in [3.05, 3.63) is 35.9 Å². The van der Waals surface area contributed by atoms with Crippen molar-refractivity contribution in [2.24, 2.45) is 0 Å². The highest BCUT2D eigenvalue weighted by Crippen LogP contribution is 2.15. The van der Waals surface area contributed by atoms with Gasteiger partial charge in [-0.05, 0) is 12.0 Å². The Morgan fingerprint density at radius 3 is 2.50 bits per heavy atom. The van der Waals surface area contributed by atoms with E-state index in [4.69, 9.17) is 0 Å². The molecule has 8 heteroatoms. The second kappa shape index (κ2) is 6.89. The summed E-state index contributed by atoms with van der Waals surface area (Å²) in [7, 11) is -3.33. The summed E-state index contributed by atoms with van der Waals surface area (Å²) >= 11 is 0. The lowest BCUT2D eigenvalue weighted by Crippen LogP contribution is -2.40. The maximum Gasteiger partial charge on any atom is 0.312 e. The number of nitrogens with zero attached hydrogens (tertiary/aromatic N) is 1. The maximum atomic E-state index is 11.8. The van der Waals surface area contributed by atoms with E-state index in [0.717, 1.165) is 4.31 Å². The first-order chi connectivity index (χ1) is 10.4. The molecule has 1 aromatic carbocycles. The number of carbonyl (C=O) groups excluding carboxylic acids is 1. The fourth-order valence-corrected chi connectivity index (χ4v) is 3.81. The van der Waals surface area contributed by atoms with Crippen molar-refractivity contribution in [3.8, 4) is 0 Å². The van der Waals surface area contributed by atoms with Gasteiger partial charge in [0.25, 0.3) is 0 Å². The van der Waals surface area contributed by atoms with Gasteiger partial charge in [-0.25, -0.2) is 8.42 Å². The first-order valence-electron chi connectivity index (χ1n) is 6.92. The number of sulfonamides is 1. The van der Waals surface area contributed by atoms with Crippen LogP contribution in [0.5, 0.6) is 0 Å². The number of nitrogens with one attached hydrogen (secondary N) is 1. The van der Waals surface area contributed by atoms with Gasteiger partial charge in [0.2, 0.25) is 15.9 Å². The van der Waals surface area contributed by atoms with Crippen LogP contribution in [-0.4, -0.2) is 55.1 Å². The molecule has 22 heavy (non-hydrogen) atoms. The van der Waals surface area contributed by atoms with Gasteiger partial charge in [-0.3, -0.25) is 9.59 Å². The molecule has 1 unspecified atom stereocenters. The lowest BCUT2D eigenvalue weighted by molar-refractivity contribution is -0.138. The van der Waals surface area contributed by atoms with E-state index < -0.39 is 27.8 Å². The third kappa shape index (κ3) is 4.05. The van der Waals surface area contributed by atoms with Gasteiger partial charge in [-0.2, -0.15) is 4.31 Å². The average molecular weight is 326 g/mol. The molecule has 0 saturated carbocycles. The Labute approximate surface area is 129 Å². The Hall–Kier alpha value is -1.93. The van der Waals surface area contributed by atoms with Crippen LogP contribution in [0.3, 0.4) is 0 Å². The zero-order chi connectivity index (χ0) is 16.2. The van der Waals surface area contributed by atoms with E-state index in [-0.39, 0.29) is 18.8 Å². The predicted molar refractivity (Wildman–Crippen MR) is 79.8 cm³/mol. The lowest BCUT2D eigenvalue weighted by atomic mass is 9.99. The van der Waals surface area contributed by atoms with Crippen LogP contribution in [0.2, 0.25) is 0 Å². The summed E-state index contributed by atoms with van der Waals surface area (Å²) < 4.78 is 24.4. The van der Waals surface area contributed by atoms with E-state index in [1.54, 1.807) is 30.3 Å². The zero-order valence-electron chi connectivity index (χ0n) is 11.9. The van der Waals surface area contributed by atoms with Gasteiger partial charge in [0.15, 0.2) is 0 Å². The topological polar surface area (TPSA) is 104 Å². The molecule has 0 bridgehead atoms. The standard InChI is InChI=1S/C14H18N2O5S/c17-13(10-16-7-4-8-22(16,20)21)15-9-12(14(18)19)11-5-2-1-3-6-11/h1-3,5-6,12H,4,7-10H2,(H,15,17)(H,18,19). The molecule has 2 N–H and O–H groups in total. The van der Waals surface area contributed by atoms with E-state index in [2.05, 4.69) is 5.32 Å². The summed E-state index contributed by atoms with van der Waals surface area (Å²) in [6.07, 6.45) is 0.511. The Kier molecular flexibility index (Phi) is 5.15. The molecule has 1 atom stereocenters. The van der Waals surface area contributed by atoms with Gasteiger partial charge in [-0.15, -0.1) is 0 Å². The Bertz CT molecular complexity index is 644. The van der Waals surface area contributed by atoms with Crippen molar-refractivity contribution in [1.29, 1.82) is 0 Å². The van der Waals surface area contributed by atoms with E-state index in [0.29, 0.717) is 18.5 Å². The third-order valence-electron chi connectivity index (χ3n) is 3.53. The molecule has 1 aromatic rings. The molecular formula is C14H18N2O5S. The van der Waals surface area contributed by atoms with Crippen molar-refractivity contribution >= 4 is 21.9 Å². The van der Waals surface area contributed by atoms with Crippen molar-refractivity contribution in [1.82, 2.24) is 9.62 Å². The molecule has 1 amide bonds. The Morgan fingerprint density at radius 2 is 1.95 bits per heavy atom. The monoisotopic (exact) mass is 326 g/mol. The van der Waals surface area contributed by atoms with Crippen molar-refractivity contribution in [2.45, 2.75) is 12.3 Å². The van der Waals surface area contributed by atoms with Crippen LogP contribution < -0.4 is 5.32 Å². The van der Waals surface area contributed by atoms with Crippen LogP contribution in [0.15, 0.2) is 30.3 Å². The Morgan fingerprint density at radius 1 is 1.27 bits per heavy atom. The largest absolute Gasteiger partial charge is 0.481 e. The number of aliphatic carboxylic acids is 1. The Balaban J connectivity index is 1.93. The number of amides is 1. The average Bonchev–Trinajstić information content (AvgIpc) is 2.79. The van der Waals surface area contributed by atoms with Crippen molar-refractivity contribution < 1.29 is 23.1 Å². The van der Waals surface area contributed by atoms with Gasteiger partial charge in [0.1, 0.15) is 0 Å². The number of hydrogen-bond acceptors (Lipinski definition) is 4. The maximum absolute atomic E-state index is 11.8. The van der Waals surface area contributed by atoms with E-state index >= 15 is 0 Å². The van der Waals surface area contributed by atoms with Gasteiger partial charge < -0.3 is 10.4 Å². The molecule has 1 aliphatic heterocycles. The molecule has 1 heterocycles. The summed E-state index contributed by atoms with van der Waals surface area (Å²) in [6.45, 7) is -0.00761. The second-order valence-corrected chi connectivity index (χ2v) is 7.20. The summed E-state index contributed by atoms with van der Waals surface area (Å²) in [6, 6.07) is 8.58. The lowest BCUT2D eigenvalue weighted by Gasteiger charge is -2.16. The molecule has 0 spiro atoms. The van der Waals surface area contributed by atoms with Crippen LogP contribution in [0.1, 0.15) is 17.9 Å². The number of rotatable bonds is 6. The van der Waals surface area contributed by atoms with Crippen LogP contribution in [0.25, 0.3) is 0 Å². The van der Waals surface area contributed by atoms with Crippen LogP contribution in [0.4, 0.5) is 0 Å². The summed E-state index contributed by atoms with van der Waals surface area (Å²) in [4.78, 5) is 23.1. The minimum Gasteiger partial charge on any atom is -0.481 e. The van der Waals surface area contributed by atoms with Gasteiger partial charge >= 0.3 is 5.97 Å². The van der Waals surface area contributed by atoms with Gasteiger partial charge in [-0.1, -0.05) is 30.3 Å². The van der Waals surface area contributed by atoms with Crippen molar-refractivity contribution in [3.63, 3.8) is 0 Å². The number of carboxylic acids is 1. The predicted octanol–water partition coefficient (Wildman–Crippen LogP) is 0.00650. The summed E-state index contributed by atoms with van der Waals surface area (Å²) in [5.74, 6) is -2.34. The second-order valence-electron chi connectivity index (χ2n) is 5.11. The highest BCUT2D eigenvalue weighted by atomic mass is 32.2. The number of carboxylic acid groups (broad SMARTS) is 1. The van der Waals surface area contributed by atoms with Crippen LogP contribution in [0, 0.1) is 0 Å². The number of hydrogen-bond donors (Lipinski definition) is 2. The molecule has 1 aliphatic rings. The summed E-state index contributed by atoms with van der Waals surface area (Å²) in [5, 5.41) is 11.8. The van der Waals surface area contributed by atoms with Crippen LogP contribution in [-0.2, 0) is 19.6 Å². The highest BCUT2D eigenvalue weighted by molar-refractivity contribution is 7.89. The first kappa shape index (κ1) is 16.4. The normalized spacial score (nSPS) is 18.7. The van der Waals surface area contributed by atoms with E-state index in [1.165, 1.54) is 0 Å². The molecule has 2 rings (SSSR count). The fraction of sp³-hybridized carbons (Fsp3) is 0.429. The van der Waals surface area contributed by atoms with Crippen LogP contribution >= 0.6 is 0 Å². The fourth-order valence-electron chi connectivity index (χ4n) is 2.33. The summed E-state index contributed by atoms with van der Waals surface area (Å²) in [5.41, 5.74) is 0.587. The minimum atomic E-state index is -3.33. The third-order valence-corrected chi connectivity index (χ3v) is 5.43. The smallest absolute Gasteiger partial charge is 0.312 e. The molecule has 0 aliphatic carbocycles. The molecule has 1 saturated heterocycles. The SMILES string of the molecule is O=C(CN1CCCS1(=O)=O)NCC(C(=O)O)c1ccccc1.